The molecular formula is C23H28N8O2. The van der Waals surface area contributed by atoms with Crippen molar-refractivity contribution in [2.75, 3.05) is 36.7 Å². The van der Waals surface area contributed by atoms with E-state index in [-0.39, 0.29) is 12.1 Å². The number of H-pyrrole nitrogens is 1. The molecule has 3 fully saturated rings. The maximum absolute atomic E-state index is 9.98. The summed E-state index contributed by atoms with van der Waals surface area (Å²) in [7, 11) is 1.78. The van der Waals surface area contributed by atoms with E-state index in [4.69, 9.17) is 14.5 Å². The molecule has 2 bridgehead atoms. The summed E-state index contributed by atoms with van der Waals surface area (Å²) < 4.78 is 13.2. The minimum Gasteiger partial charge on any atom is -0.381 e. The Labute approximate surface area is 192 Å². The van der Waals surface area contributed by atoms with Crippen molar-refractivity contribution in [3.8, 4) is 11.9 Å². The molecule has 3 saturated heterocycles. The Bertz CT molecular complexity index is 1180. The average Bonchev–Trinajstić information content (AvgIpc) is 3.54. The van der Waals surface area contributed by atoms with Crippen molar-refractivity contribution < 1.29 is 9.47 Å². The lowest BCUT2D eigenvalue weighted by molar-refractivity contribution is 0.0721. The molecule has 0 aromatic carbocycles. The van der Waals surface area contributed by atoms with Gasteiger partial charge in [-0.25, -0.2) is 4.98 Å². The number of nitrogens with one attached hydrogen (secondary N) is 1. The van der Waals surface area contributed by atoms with Gasteiger partial charge in [0.1, 0.15) is 11.9 Å². The number of pyridine rings is 1. The molecule has 3 aromatic rings. The number of ether oxygens (including phenoxy) is 2. The van der Waals surface area contributed by atoms with Gasteiger partial charge < -0.3 is 19.3 Å². The van der Waals surface area contributed by atoms with Crippen molar-refractivity contribution in [1.82, 2.24) is 25.0 Å². The first kappa shape index (κ1) is 20.4. The van der Waals surface area contributed by atoms with Gasteiger partial charge in [-0.3, -0.25) is 5.10 Å². The summed E-state index contributed by atoms with van der Waals surface area (Å²) in [6.07, 6.45) is 6.04. The number of morpholine rings is 1. The van der Waals surface area contributed by atoms with Crippen LogP contribution in [0.5, 0.6) is 0 Å². The molecule has 172 valence electrons. The van der Waals surface area contributed by atoms with E-state index in [2.05, 4.69) is 44.2 Å². The van der Waals surface area contributed by atoms with Crippen molar-refractivity contribution in [1.29, 1.82) is 5.26 Å². The third-order valence-electron chi connectivity index (χ3n) is 7.40. The van der Waals surface area contributed by atoms with Crippen molar-refractivity contribution in [3.63, 3.8) is 0 Å². The van der Waals surface area contributed by atoms with Gasteiger partial charge in [-0.1, -0.05) is 0 Å². The second-order valence-corrected chi connectivity index (χ2v) is 9.27. The Morgan fingerprint density at radius 2 is 2.06 bits per heavy atom. The minimum absolute atomic E-state index is 0.256. The van der Waals surface area contributed by atoms with Gasteiger partial charge in [0, 0.05) is 31.8 Å². The van der Waals surface area contributed by atoms with E-state index in [0.717, 1.165) is 62.3 Å². The fourth-order valence-corrected chi connectivity index (χ4v) is 5.76. The molecule has 33 heavy (non-hydrogen) atoms. The maximum atomic E-state index is 9.98. The normalized spacial score (nSPS) is 27.3. The molecule has 3 unspecified atom stereocenters. The van der Waals surface area contributed by atoms with Gasteiger partial charge >= 0.3 is 0 Å². The van der Waals surface area contributed by atoms with Crippen LogP contribution in [0, 0.1) is 11.3 Å². The third-order valence-corrected chi connectivity index (χ3v) is 7.40. The third kappa shape index (κ3) is 3.26. The zero-order chi connectivity index (χ0) is 22.5. The summed E-state index contributed by atoms with van der Waals surface area (Å²) in [4.78, 5) is 9.92. The molecule has 3 aliphatic heterocycles. The first-order chi connectivity index (χ1) is 16.2. The predicted octanol–water partition coefficient (Wildman–Crippen LogP) is 2.39. The molecule has 0 aliphatic carbocycles. The van der Waals surface area contributed by atoms with Crippen LogP contribution in [0.2, 0.25) is 0 Å². The van der Waals surface area contributed by atoms with E-state index in [1.165, 1.54) is 0 Å². The summed E-state index contributed by atoms with van der Waals surface area (Å²) in [5.41, 5.74) is 2.07. The van der Waals surface area contributed by atoms with Crippen molar-refractivity contribution in [2.24, 2.45) is 0 Å². The highest BCUT2D eigenvalue weighted by Gasteiger charge is 2.39. The van der Waals surface area contributed by atoms with Gasteiger partial charge in [-0.2, -0.15) is 20.1 Å². The van der Waals surface area contributed by atoms with Crippen LogP contribution >= 0.6 is 0 Å². The smallest absolute Gasteiger partial charge is 0.174 e. The molecule has 3 aliphatic rings. The predicted molar refractivity (Wildman–Crippen MR) is 123 cm³/mol. The number of aromatic amines is 1. The van der Waals surface area contributed by atoms with Gasteiger partial charge in [0.05, 0.1) is 48.7 Å². The van der Waals surface area contributed by atoms with E-state index < -0.39 is 0 Å². The van der Waals surface area contributed by atoms with Crippen LogP contribution in [0.25, 0.3) is 16.9 Å². The number of hydrogen-bond acceptors (Lipinski definition) is 8. The molecule has 0 saturated carbocycles. The summed E-state index contributed by atoms with van der Waals surface area (Å²) in [6, 6.07) is 7.24. The molecule has 1 N–H and O–H groups in total. The second kappa shape index (κ2) is 8.01. The Balaban J connectivity index is 1.55. The first-order valence-electron chi connectivity index (χ1n) is 11.7. The number of aromatic nitrogens is 5. The lowest BCUT2D eigenvalue weighted by atomic mass is 9.99. The van der Waals surface area contributed by atoms with Gasteiger partial charge in [-0.05, 0) is 32.6 Å². The highest BCUT2D eigenvalue weighted by atomic mass is 16.5. The molecule has 0 radical (unpaired) electrons. The number of rotatable bonds is 4. The van der Waals surface area contributed by atoms with Crippen LogP contribution < -0.4 is 9.80 Å². The average molecular weight is 449 g/mol. The summed E-state index contributed by atoms with van der Waals surface area (Å²) >= 11 is 0. The summed E-state index contributed by atoms with van der Waals surface area (Å²) in [5.74, 6) is 1.62. The SMILES string of the molecule is COC1CCN(c2cc(N3C4CCC3COC4)nc3c2c(C#N)nn3-c2ccn[nH]2)[C@H](C)C1. The number of nitrogens with zero attached hydrogens (tertiary/aromatic N) is 7. The number of piperidine rings is 1. The Kier molecular flexibility index (Phi) is 4.96. The fraction of sp³-hybridized carbons (Fsp3) is 0.565. The number of fused-ring (bicyclic) bond motifs is 3. The van der Waals surface area contributed by atoms with Crippen LogP contribution in [0.15, 0.2) is 18.3 Å². The molecule has 6 rings (SSSR count). The topological polar surface area (TPSA) is 108 Å². The van der Waals surface area contributed by atoms with Crippen LogP contribution in [0.3, 0.4) is 0 Å². The van der Waals surface area contributed by atoms with Crippen molar-refractivity contribution >= 4 is 22.5 Å². The standard InChI is InChI=1S/C23H28N8O2/c1-14-9-17(32-2)6-8-29(14)19-10-21(30-15-3-4-16(30)13-33-12-15)26-23-22(19)18(11-24)28-31(23)20-5-7-25-27-20/h5,7,10,14-17H,3-4,6,8-9,12-13H2,1-2H3,(H,25,27)/t14-,15?,16?,17?/m1/s1. The van der Waals surface area contributed by atoms with Gasteiger partial charge in [0.2, 0.25) is 0 Å². The van der Waals surface area contributed by atoms with Crippen LogP contribution in [-0.2, 0) is 9.47 Å². The van der Waals surface area contributed by atoms with Crippen LogP contribution in [-0.4, -0.2) is 76.1 Å². The molecule has 0 spiro atoms. The molecule has 10 nitrogen and oxygen atoms in total. The highest BCUT2D eigenvalue weighted by Crippen LogP contribution is 2.40. The number of anilines is 2. The van der Waals surface area contributed by atoms with Crippen LogP contribution in [0.4, 0.5) is 11.5 Å². The van der Waals surface area contributed by atoms with E-state index in [9.17, 15) is 5.26 Å². The molecule has 3 aromatic heterocycles. The van der Waals surface area contributed by atoms with E-state index in [0.29, 0.717) is 29.2 Å². The Morgan fingerprint density at radius 3 is 2.73 bits per heavy atom. The highest BCUT2D eigenvalue weighted by molar-refractivity contribution is 5.96. The van der Waals surface area contributed by atoms with Gasteiger partial charge in [0.15, 0.2) is 17.2 Å². The first-order valence-corrected chi connectivity index (χ1v) is 11.7. The van der Waals surface area contributed by atoms with E-state index in [1.807, 2.05) is 6.07 Å². The van der Waals surface area contributed by atoms with Gasteiger partial charge in [0.25, 0.3) is 0 Å². The number of methoxy groups -OCH3 is 1. The molecule has 4 atom stereocenters. The largest absolute Gasteiger partial charge is 0.381 e. The fourth-order valence-electron chi connectivity index (χ4n) is 5.76. The van der Waals surface area contributed by atoms with E-state index in [1.54, 1.807) is 18.0 Å². The van der Waals surface area contributed by atoms with Crippen molar-refractivity contribution in [3.05, 3.63) is 24.0 Å². The lowest BCUT2D eigenvalue weighted by Gasteiger charge is -2.40. The van der Waals surface area contributed by atoms with Gasteiger partial charge in [-0.15, -0.1) is 0 Å². The van der Waals surface area contributed by atoms with E-state index >= 15 is 0 Å². The maximum Gasteiger partial charge on any atom is 0.174 e. The van der Waals surface area contributed by atoms with Crippen LogP contribution in [0.1, 0.15) is 38.3 Å². The molecule has 6 heterocycles. The zero-order valence-electron chi connectivity index (χ0n) is 18.9. The second-order valence-electron chi connectivity index (χ2n) is 9.27. The zero-order valence-corrected chi connectivity index (χ0v) is 18.9. The Hall–Kier alpha value is -3.16. The number of hydrogen-bond donors (Lipinski definition) is 1. The molecule has 0 amide bonds. The molecule has 10 heteroatoms. The quantitative estimate of drug-likeness (QED) is 0.648. The minimum atomic E-state index is 0.256. The summed E-state index contributed by atoms with van der Waals surface area (Å²) in [5, 5.41) is 22.5. The monoisotopic (exact) mass is 448 g/mol. The summed E-state index contributed by atoms with van der Waals surface area (Å²) in [6.45, 7) is 4.53. The molecular weight excluding hydrogens is 420 g/mol. The van der Waals surface area contributed by atoms with Crippen molar-refractivity contribution in [2.45, 2.75) is 56.8 Å². The number of nitriles is 1. The Morgan fingerprint density at radius 1 is 1.24 bits per heavy atom. The lowest BCUT2D eigenvalue weighted by Crippen LogP contribution is -2.47.